The van der Waals surface area contributed by atoms with Gasteiger partial charge in [0, 0.05) is 45.2 Å². The molecule has 5 aliphatic rings. The maximum Gasteiger partial charge on any atom is 0.297 e. The largest absolute Gasteiger partial charge is 0.468 e. The summed E-state index contributed by atoms with van der Waals surface area (Å²) in [5.41, 5.74) is 25.3. The second kappa shape index (κ2) is 17.6. The molecule has 0 bridgehead atoms. The number of benzene rings is 7. The van der Waals surface area contributed by atoms with E-state index in [9.17, 15) is 0 Å². The molecule has 81 heavy (non-hydrogen) atoms. The Balaban J connectivity index is 1.21. The lowest BCUT2D eigenvalue weighted by molar-refractivity contribution is 0.332. The molecule has 0 spiro atoms. The number of rotatable bonds is 6. The Morgan fingerprint density at radius 2 is 0.938 bits per heavy atom. The third-order valence-corrected chi connectivity index (χ3v) is 23.0. The fourth-order valence-electron chi connectivity index (χ4n) is 15.2. The minimum atomic E-state index is -1.60. The van der Waals surface area contributed by atoms with Crippen LogP contribution in [-0.4, -0.2) is 14.8 Å². The SMILES string of the molecule is CC(C)(C)c1ccc(N2c3cc4c(cc3B3c5oc6cc7c(cc6c5N(c5ccc6c(c5)C(C)(C)CCC6(C)C)c5cc(N(c6ccccc6)c6ccc([Si](C)(C)C)cc6)cc2c53)C(C)(C)CCC7(C)C)C(C)(C)CCC4(C)C)cc1. The first-order valence-electron chi connectivity index (χ1n) is 30.7. The molecule has 2 aliphatic heterocycles. The average Bonchev–Trinajstić information content (AvgIpc) is 2.00. The van der Waals surface area contributed by atoms with Gasteiger partial charge < -0.3 is 19.1 Å². The molecule has 0 N–H and O–H groups in total. The molecule has 0 saturated heterocycles. The zero-order valence-electron chi connectivity index (χ0n) is 52.3. The number of hydrogen-bond donors (Lipinski definition) is 0. The minimum absolute atomic E-state index is 0.00109. The van der Waals surface area contributed by atoms with Crippen LogP contribution in [0.2, 0.25) is 19.6 Å². The van der Waals surface area contributed by atoms with Crippen molar-refractivity contribution in [3.63, 3.8) is 0 Å². The van der Waals surface area contributed by atoms with Crippen molar-refractivity contribution in [2.45, 2.75) is 200 Å². The highest BCUT2D eigenvalue weighted by atomic mass is 28.3. The number of para-hydroxylation sites is 1. The highest BCUT2D eigenvalue weighted by Gasteiger charge is 2.51. The molecule has 0 amide bonds. The molecule has 0 saturated carbocycles. The summed E-state index contributed by atoms with van der Waals surface area (Å²) in [5, 5.41) is 2.66. The van der Waals surface area contributed by atoms with Crippen LogP contribution in [0.25, 0.3) is 11.0 Å². The molecule has 6 heteroatoms. The normalized spacial score (nSPS) is 19.5. The van der Waals surface area contributed by atoms with Gasteiger partial charge in [0.15, 0.2) is 0 Å². The summed E-state index contributed by atoms with van der Waals surface area (Å²) < 4.78 is 7.88. The Morgan fingerprint density at radius 3 is 1.49 bits per heavy atom. The Labute approximate surface area is 487 Å². The summed E-state index contributed by atoms with van der Waals surface area (Å²) in [4.78, 5) is 7.86. The predicted octanol–water partition coefficient (Wildman–Crippen LogP) is 18.9. The lowest BCUT2D eigenvalue weighted by Gasteiger charge is -2.47. The van der Waals surface area contributed by atoms with Crippen molar-refractivity contribution in [1.29, 1.82) is 0 Å². The molecule has 7 aromatic carbocycles. The summed E-state index contributed by atoms with van der Waals surface area (Å²) in [6.07, 6.45) is 6.86. The van der Waals surface area contributed by atoms with E-state index in [0.29, 0.717) is 0 Å². The first-order valence-corrected chi connectivity index (χ1v) is 34.2. The molecule has 8 aromatic rings. The number of furan rings is 1. The van der Waals surface area contributed by atoms with Crippen molar-refractivity contribution in [3.05, 3.63) is 172 Å². The van der Waals surface area contributed by atoms with E-state index in [-0.39, 0.29) is 44.6 Å². The van der Waals surface area contributed by atoms with E-state index in [2.05, 4.69) is 272 Å². The van der Waals surface area contributed by atoms with Crippen LogP contribution in [0, 0.1) is 0 Å². The van der Waals surface area contributed by atoms with E-state index in [1.54, 1.807) is 0 Å². The third-order valence-electron chi connectivity index (χ3n) is 20.9. The Bertz CT molecular complexity index is 3860. The zero-order valence-corrected chi connectivity index (χ0v) is 53.3. The molecule has 4 nitrogen and oxygen atoms in total. The summed E-state index contributed by atoms with van der Waals surface area (Å²) in [5.74, 6) is 0. The lowest BCUT2D eigenvalue weighted by atomic mass is 9.35. The van der Waals surface area contributed by atoms with Gasteiger partial charge in [0.2, 0.25) is 0 Å². The maximum atomic E-state index is 7.88. The fraction of sp³-hybridized carbons (Fsp3) is 0.413. The van der Waals surface area contributed by atoms with Crippen LogP contribution in [-0.2, 0) is 37.9 Å². The van der Waals surface area contributed by atoms with Crippen molar-refractivity contribution in [2.24, 2.45) is 0 Å². The second-order valence-corrected chi connectivity index (χ2v) is 36.5. The second-order valence-electron chi connectivity index (χ2n) is 31.5. The van der Waals surface area contributed by atoms with Gasteiger partial charge in [-0.05, 0) is 205 Å². The van der Waals surface area contributed by atoms with Crippen LogP contribution in [0.5, 0.6) is 0 Å². The molecule has 3 heterocycles. The van der Waals surface area contributed by atoms with Crippen LogP contribution < -0.4 is 36.5 Å². The van der Waals surface area contributed by atoms with Gasteiger partial charge >= 0.3 is 0 Å². The summed E-state index contributed by atoms with van der Waals surface area (Å²) in [7, 11) is -1.60. The van der Waals surface area contributed by atoms with Gasteiger partial charge in [-0.2, -0.15) is 0 Å². The molecule has 0 atom stereocenters. The molecular formula is C75H88BN3OSi. The van der Waals surface area contributed by atoms with E-state index >= 15 is 0 Å². The van der Waals surface area contributed by atoms with E-state index in [1.807, 2.05) is 0 Å². The van der Waals surface area contributed by atoms with Gasteiger partial charge in [-0.3, -0.25) is 0 Å². The smallest absolute Gasteiger partial charge is 0.297 e. The molecule has 13 rings (SSSR count). The Kier molecular flexibility index (Phi) is 11.8. The molecule has 0 unspecified atom stereocenters. The van der Waals surface area contributed by atoms with Gasteiger partial charge in [0.1, 0.15) is 5.58 Å². The minimum Gasteiger partial charge on any atom is -0.468 e. The predicted molar refractivity (Wildman–Crippen MR) is 352 cm³/mol. The molecular weight excluding hydrogens is 998 g/mol. The number of anilines is 9. The molecule has 0 fully saturated rings. The van der Waals surface area contributed by atoms with Crippen molar-refractivity contribution in [1.82, 2.24) is 0 Å². The van der Waals surface area contributed by atoms with Crippen molar-refractivity contribution in [3.8, 4) is 0 Å². The third kappa shape index (κ3) is 8.47. The maximum absolute atomic E-state index is 7.88. The summed E-state index contributed by atoms with van der Waals surface area (Å²) >= 11 is 0. The number of nitrogens with zero attached hydrogens (tertiary/aromatic N) is 3. The molecule has 0 radical (unpaired) electrons. The average molecular weight is 1090 g/mol. The highest BCUT2D eigenvalue weighted by Crippen LogP contribution is 2.56. The van der Waals surface area contributed by atoms with Crippen molar-refractivity contribution < 1.29 is 4.42 Å². The van der Waals surface area contributed by atoms with Crippen LogP contribution in [0.4, 0.5) is 51.2 Å². The number of hydrogen-bond acceptors (Lipinski definition) is 4. The number of fused-ring (bicyclic) bond motifs is 9. The quantitative estimate of drug-likeness (QED) is 0.155. The van der Waals surface area contributed by atoms with Crippen LogP contribution in [0.3, 0.4) is 0 Å². The first kappa shape index (κ1) is 54.0. The first-order chi connectivity index (χ1) is 37.9. The van der Waals surface area contributed by atoms with Crippen LogP contribution in [0.1, 0.15) is 181 Å². The van der Waals surface area contributed by atoms with Crippen LogP contribution >= 0.6 is 0 Å². The summed E-state index contributed by atoms with van der Waals surface area (Å²) in [6.45, 7) is 43.8. The van der Waals surface area contributed by atoms with Crippen LogP contribution in [0.15, 0.2) is 138 Å². The van der Waals surface area contributed by atoms with Gasteiger partial charge in [-0.25, -0.2) is 0 Å². The van der Waals surface area contributed by atoms with Gasteiger partial charge in [-0.15, -0.1) is 0 Å². The fourth-order valence-corrected chi connectivity index (χ4v) is 16.4. The van der Waals surface area contributed by atoms with Crippen molar-refractivity contribution >= 4 is 98.7 Å². The Morgan fingerprint density at radius 1 is 0.457 bits per heavy atom. The highest BCUT2D eigenvalue weighted by molar-refractivity contribution is 7.00. The van der Waals surface area contributed by atoms with E-state index in [1.165, 1.54) is 95.3 Å². The molecule has 3 aliphatic carbocycles. The lowest BCUT2D eigenvalue weighted by Crippen LogP contribution is -2.61. The molecule has 416 valence electrons. The summed E-state index contributed by atoms with van der Waals surface area (Å²) in [6, 6.07) is 53.2. The standard InChI is InChI=1S/C75H88BN3OSi/c1-69(2,3)47-24-26-50(27-25-47)78-62-45-59-58(73(10,11)37-38-74(59,12)13)44-61(62)76-66-63(78)41-52(77(48-22-20-19-21-23-48)49-28-31-53(32-29-49)81(16,17)18)42-64(66)79(51-30-33-55-56(40-51)71(6,7)35-34-70(55,4)5)67-54-43-57-60(46-65(54)80-68(67)76)75(14,15)39-36-72(57,8)9/h19-33,40-46H,34-39H2,1-18H3. The van der Waals surface area contributed by atoms with E-state index in [4.69, 9.17) is 4.42 Å². The van der Waals surface area contributed by atoms with Gasteiger partial charge in [-0.1, -0.05) is 183 Å². The topological polar surface area (TPSA) is 22.9 Å². The van der Waals surface area contributed by atoms with Gasteiger partial charge in [0.05, 0.1) is 25.1 Å². The monoisotopic (exact) mass is 1090 g/mol. The van der Waals surface area contributed by atoms with E-state index in [0.717, 1.165) is 66.1 Å². The van der Waals surface area contributed by atoms with Crippen molar-refractivity contribution in [2.75, 3.05) is 14.7 Å². The van der Waals surface area contributed by atoms with Gasteiger partial charge in [0.25, 0.3) is 6.71 Å². The zero-order chi connectivity index (χ0) is 57.5. The Hall–Kier alpha value is -6.24. The van der Waals surface area contributed by atoms with E-state index < -0.39 is 8.07 Å². The molecule has 1 aromatic heterocycles.